The second-order valence-electron chi connectivity index (χ2n) is 6.17. The zero-order chi connectivity index (χ0) is 17.9. The van der Waals surface area contributed by atoms with Gasteiger partial charge in [-0.2, -0.15) is 0 Å². The molecule has 0 aliphatic carbocycles. The van der Waals surface area contributed by atoms with E-state index in [0.717, 1.165) is 23.3 Å². The third kappa shape index (κ3) is 3.28. The molecule has 1 aliphatic rings. The molecule has 6 heteroatoms. The van der Waals surface area contributed by atoms with Crippen molar-refractivity contribution in [2.75, 3.05) is 18.5 Å². The summed E-state index contributed by atoms with van der Waals surface area (Å²) in [6.45, 7) is 1.30. The number of hydrogen-bond acceptors (Lipinski definition) is 5. The number of pyridine rings is 1. The first-order valence-electron chi connectivity index (χ1n) is 8.44. The van der Waals surface area contributed by atoms with E-state index in [1.165, 1.54) is 17.1 Å². The Morgan fingerprint density at radius 2 is 2.27 bits per heavy atom. The Hall–Kier alpha value is -2.86. The van der Waals surface area contributed by atoms with Crippen molar-refractivity contribution in [3.05, 3.63) is 65.3 Å². The third-order valence-corrected chi connectivity index (χ3v) is 5.49. The van der Waals surface area contributed by atoms with Crippen molar-refractivity contribution in [3.8, 4) is 16.2 Å². The smallest absolute Gasteiger partial charge is 0.337 e. The monoisotopic (exact) mass is 366 g/mol. The van der Waals surface area contributed by atoms with Crippen LogP contribution in [0.25, 0.3) is 10.4 Å². The summed E-state index contributed by atoms with van der Waals surface area (Å²) in [5, 5.41) is 14.6. The molecule has 2 aromatic heterocycles. The van der Waals surface area contributed by atoms with Crippen LogP contribution in [0.2, 0.25) is 0 Å². The second-order valence-corrected chi connectivity index (χ2v) is 7.12. The number of fused-ring (bicyclic) bond motifs is 1. The second kappa shape index (κ2) is 7.17. The third-order valence-electron chi connectivity index (χ3n) is 4.57. The van der Waals surface area contributed by atoms with E-state index in [4.69, 9.17) is 4.74 Å². The highest BCUT2D eigenvalue weighted by molar-refractivity contribution is 7.13. The molecule has 0 saturated carbocycles. The Bertz CT molecular complexity index is 925. The number of nitrogens with zero attached hydrogens (tertiary/aromatic N) is 1. The zero-order valence-corrected chi connectivity index (χ0v) is 14.8. The lowest BCUT2D eigenvalue weighted by molar-refractivity contribution is 0.0697. The number of thiophene rings is 1. The van der Waals surface area contributed by atoms with E-state index in [2.05, 4.69) is 39.9 Å². The average molecular weight is 366 g/mol. The minimum atomic E-state index is -0.956. The van der Waals surface area contributed by atoms with E-state index in [9.17, 15) is 9.90 Å². The molecular weight excluding hydrogens is 348 g/mol. The maximum atomic E-state index is 11.3. The molecule has 132 valence electrons. The van der Waals surface area contributed by atoms with Gasteiger partial charge in [-0.05, 0) is 41.1 Å². The summed E-state index contributed by atoms with van der Waals surface area (Å²) >= 11 is 1.71. The summed E-state index contributed by atoms with van der Waals surface area (Å²) in [6, 6.07) is 12.0. The van der Waals surface area contributed by atoms with Crippen LogP contribution in [-0.4, -0.2) is 29.2 Å². The first-order valence-corrected chi connectivity index (χ1v) is 9.32. The molecule has 3 heterocycles. The van der Waals surface area contributed by atoms with Crippen LogP contribution in [-0.2, 0) is 0 Å². The predicted octanol–water partition coefficient (Wildman–Crippen LogP) is 4.49. The molecule has 0 bridgehead atoms. The lowest BCUT2D eigenvalue weighted by Crippen LogP contribution is -2.21. The summed E-state index contributed by atoms with van der Waals surface area (Å²) in [5.74, 6) is 0.222. The average Bonchev–Trinajstić information content (AvgIpc) is 3.21. The van der Waals surface area contributed by atoms with E-state index in [0.29, 0.717) is 18.8 Å². The Kier molecular flexibility index (Phi) is 4.58. The molecular formula is C20H18N2O3S. The van der Waals surface area contributed by atoms with Gasteiger partial charge in [0, 0.05) is 23.5 Å². The fraction of sp³-hybridized carbons (Fsp3) is 0.200. The van der Waals surface area contributed by atoms with E-state index in [1.54, 1.807) is 17.5 Å². The predicted molar refractivity (Wildman–Crippen MR) is 102 cm³/mol. The quantitative estimate of drug-likeness (QED) is 0.696. The first kappa shape index (κ1) is 16.6. The minimum absolute atomic E-state index is 0.236. The van der Waals surface area contributed by atoms with Gasteiger partial charge in [0.1, 0.15) is 5.75 Å². The maximum absolute atomic E-state index is 11.3. The standard InChI is InChI=1S/C20H18N2O3S/c23-20(24)16-5-7-21-12-17(16)22-11-14-6-8-25-18-10-13(3-4-15(14)18)19-2-1-9-26-19/h1-5,7,9-10,12,14,22H,6,8,11H2,(H,23,24). The lowest BCUT2D eigenvalue weighted by atomic mass is 9.91. The van der Waals surface area contributed by atoms with Gasteiger partial charge in [-0.25, -0.2) is 4.79 Å². The molecule has 0 spiro atoms. The Morgan fingerprint density at radius 3 is 3.08 bits per heavy atom. The minimum Gasteiger partial charge on any atom is -0.493 e. The van der Waals surface area contributed by atoms with E-state index in [1.807, 2.05) is 6.07 Å². The van der Waals surface area contributed by atoms with Crippen LogP contribution in [0, 0.1) is 0 Å². The topological polar surface area (TPSA) is 71.5 Å². The maximum Gasteiger partial charge on any atom is 0.337 e. The molecule has 2 N–H and O–H groups in total. The molecule has 1 aromatic carbocycles. The van der Waals surface area contributed by atoms with Crippen LogP contribution in [0.4, 0.5) is 5.69 Å². The van der Waals surface area contributed by atoms with Gasteiger partial charge < -0.3 is 15.2 Å². The van der Waals surface area contributed by atoms with Crippen LogP contribution in [0.15, 0.2) is 54.2 Å². The number of ether oxygens (including phenoxy) is 1. The van der Waals surface area contributed by atoms with Crippen molar-refractivity contribution in [2.45, 2.75) is 12.3 Å². The number of benzene rings is 1. The van der Waals surface area contributed by atoms with Gasteiger partial charge in [0.2, 0.25) is 0 Å². The van der Waals surface area contributed by atoms with E-state index >= 15 is 0 Å². The van der Waals surface area contributed by atoms with Crippen LogP contribution < -0.4 is 10.1 Å². The number of carboxylic acid groups (broad SMARTS) is 1. The van der Waals surface area contributed by atoms with Gasteiger partial charge in [-0.3, -0.25) is 4.98 Å². The molecule has 1 unspecified atom stereocenters. The van der Waals surface area contributed by atoms with Crippen LogP contribution in [0.1, 0.15) is 28.3 Å². The van der Waals surface area contributed by atoms with Crippen molar-refractivity contribution in [1.29, 1.82) is 0 Å². The molecule has 0 amide bonds. The normalized spacial score (nSPS) is 15.8. The lowest BCUT2D eigenvalue weighted by Gasteiger charge is -2.27. The number of nitrogens with one attached hydrogen (secondary N) is 1. The molecule has 26 heavy (non-hydrogen) atoms. The van der Waals surface area contributed by atoms with Gasteiger partial charge in [0.25, 0.3) is 0 Å². The number of anilines is 1. The number of carbonyl (C=O) groups is 1. The molecule has 0 saturated heterocycles. The van der Waals surface area contributed by atoms with Crippen LogP contribution in [0.5, 0.6) is 5.75 Å². The molecule has 3 aromatic rings. The first-order chi connectivity index (χ1) is 12.7. The highest BCUT2D eigenvalue weighted by Gasteiger charge is 2.22. The highest BCUT2D eigenvalue weighted by atomic mass is 32.1. The fourth-order valence-electron chi connectivity index (χ4n) is 3.23. The zero-order valence-electron chi connectivity index (χ0n) is 14.0. The summed E-state index contributed by atoms with van der Waals surface area (Å²) in [5.41, 5.74) is 3.10. The van der Waals surface area contributed by atoms with Crippen molar-refractivity contribution < 1.29 is 14.6 Å². The highest BCUT2D eigenvalue weighted by Crippen LogP contribution is 2.38. The van der Waals surface area contributed by atoms with Gasteiger partial charge in [0.05, 0.1) is 24.1 Å². The Labute approximate surface area is 155 Å². The Morgan fingerprint density at radius 1 is 1.35 bits per heavy atom. The van der Waals surface area contributed by atoms with Gasteiger partial charge in [0.15, 0.2) is 0 Å². The van der Waals surface area contributed by atoms with Gasteiger partial charge >= 0.3 is 5.97 Å². The van der Waals surface area contributed by atoms with Crippen molar-refractivity contribution in [2.24, 2.45) is 0 Å². The SMILES string of the molecule is O=C(O)c1ccncc1NCC1CCOc2cc(-c3cccs3)ccc21. The van der Waals surface area contributed by atoms with E-state index < -0.39 is 5.97 Å². The molecule has 0 fully saturated rings. The number of rotatable bonds is 5. The molecule has 0 radical (unpaired) electrons. The number of carboxylic acids is 1. The molecule has 1 aliphatic heterocycles. The Balaban J connectivity index is 1.54. The van der Waals surface area contributed by atoms with Crippen molar-refractivity contribution in [1.82, 2.24) is 4.98 Å². The summed E-state index contributed by atoms with van der Waals surface area (Å²) < 4.78 is 5.88. The molecule has 1 atom stereocenters. The molecule has 5 nitrogen and oxygen atoms in total. The molecule has 4 rings (SSSR count). The fourth-order valence-corrected chi connectivity index (χ4v) is 3.95. The van der Waals surface area contributed by atoms with Gasteiger partial charge in [-0.15, -0.1) is 11.3 Å². The van der Waals surface area contributed by atoms with E-state index in [-0.39, 0.29) is 11.5 Å². The number of hydrogen-bond donors (Lipinski definition) is 2. The van der Waals surface area contributed by atoms with Crippen molar-refractivity contribution in [3.63, 3.8) is 0 Å². The van der Waals surface area contributed by atoms with Gasteiger partial charge in [-0.1, -0.05) is 18.2 Å². The summed E-state index contributed by atoms with van der Waals surface area (Å²) in [7, 11) is 0. The summed E-state index contributed by atoms with van der Waals surface area (Å²) in [6.07, 6.45) is 3.94. The van der Waals surface area contributed by atoms with Crippen LogP contribution in [0.3, 0.4) is 0 Å². The number of aromatic carboxylic acids is 1. The summed E-state index contributed by atoms with van der Waals surface area (Å²) in [4.78, 5) is 16.6. The van der Waals surface area contributed by atoms with Crippen molar-refractivity contribution >= 4 is 23.0 Å². The largest absolute Gasteiger partial charge is 0.493 e. The van der Waals surface area contributed by atoms with Crippen LogP contribution >= 0.6 is 11.3 Å². The number of aromatic nitrogens is 1.